The molecule has 0 unspecified atom stereocenters. The fraction of sp³-hybridized carbons (Fsp3) is 0.167. The van der Waals surface area contributed by atoms with Crippen molar-refractivity contribution >= 4 is 57.3 Å². The second-order valence-corrected chi connectivity index (χ2v) is 10.5. The molecule has 0 aliphatic carbocycles. The van der Waals surface area contributed by atoms with Crippen molar-refractivity contribution in [2.24, 2.45) is 0 Å². The molecular weight excluding hydrogens is 504 g/mol. The predicted octanol–water partition coefficient (Wildman–Crippen LogP) is 7.13. The molecule has 0 atom stereocenters. The van der Waals surface area contributed by atoms with E-state index in [2.05, 4.69) is 17.6 Å². The van der Waals surface area contributed by atoms with Gasteiger partial charge < -0.3 is 4.57 Å². The molecular formula is C30H25ClN2O3S. The van der Waals surface area contributed by atoms with Crippen LogP contribution >= 0.6 is 23.4 Å². The Labute approximate surface area is 224 Å². The third-order valence-electron chi connectivity index (χ3n) is 6.50. The summed E-state index contributed by atoms with van der Waals surface area (Å²) in [5, 5.41) is 1.26. The number of thioether (sulfide) groups is 1. The number of imide groups is 1. The number of halogens is 1. The van der Waals surface area contributed by atoms with E-state index in [1.165, 1.54) is 5.56 Å². The molecule has 1 aliphatic rings. The number of fused-ring (bicyclic) bond motifs is 1. The highest BCUT2D eigenvalue weighted by atomic mass is 35.5. The van der Waals surface area contributed by atoms with Gasteiger partial charge in [0.25, 0.3) is 11.1 Å². The molecule has 3 aromatic carbocycles. The molecule has 37 heavy (non-hydrogen) atoms. The van der Waals surface area contributed by atoms with Crippen LogP contribution in [-0.4, -0.2) is 32.9 Å². The van der Waals surface area contributed by atoms with E-state index in [4.69, 9.17) is 11.6 Å². The molecule has 0 N–H and O–H groups in total. The van der Waals surface area contributed by atoms with Crippen LogP contribution in [0.2, 0.25) is 5.02 Å². The summed E-state index contributed by atoms with van der Waals surface area (Å²) in [6, 6.07) is 21.0. The third-order valence-corrected chi connectivity index (χ3v) is 7.65. The average molecular weight is 529 g/mol. The molecule has 1 aromatic heterocycles. The normalized spacial score (nSPS) is 14.8. The monoisotopic (exact) mass is 528 g/mol. The quantitative estimate of drug-likeness (QED) is 0.189. The third kappa shape index (κ3) is 5.13. The van der Waals surface area contributed by atoms with Gasteiger partial charge in [0.1, 0.15) is 0 Å². The number of rotatable bonds is 7. The molecule has 5 nitrogen and oxygen atoms in total. The van der Waals surface area contributed by atoms with Crippen LogP contribution in [-0.2, 0) is 17.8 Å². The minimum atomic E-state index is -0.444. The van der Waals surface area contributed by atoms with E-state index in [0.29, 0.717) is 22.0 Å². The van der Waals surface area contributed by atoms with Crippen molar-refractivity contribution in [3.63, 3.8) is 0 Å². The van der Waals surface area contributed by atoms with Gasteiger partial charge >= 0.3 is 0 Å². The molecule has 7 heteroatoms. The van der Waals surface area contributed by atoms with Gasteiger partial charge in [0, 0.05) is 34.3 Å². The Balaban J connectivity index is 1.46. The smallest absolute Gasteiger partial charge is 0.293 e. The highest BCUT2D eigenvalue weighted by Crippen LogP contribution is 2.35. The maximum atomic E-state index is 13.2. The van der Waals surface area contributed by atoms with E-state index in [9.17, 15) is 14.4 Å². The van der Waals surface area contributed by atoms with Crippen molar-refractivity contribution in [1.82, 2.24) is 9.47 Å². The predicted molar refractivity (Wildman–Crippen MR) is 150 cm³/mol. The Hall–Kier alpha value is -3.61. The van der Waals surface area contributed by atoms with Gasteiger partial charge in [0.2, 0.25) is 0 Å². The number of aromatic nitrogens is 1. The van der Waals surface area contributed by atoms with Crippen molar-refractivity contribution in [3.05, 3.63) is 111 Å². The number of hydrogen-bond donors (Lipinski definition) is 0. The number of carbonyl (C=O) groups is 3. The first-order valence-electron chi connectivity index (χ1n) is 12.0. The summed E-state index contributed by atoms with van der Waals surface area (Å²) in [5.74, 6) is -0.712. The van der Waals surface area contributed by atoms with E-state index in [0.717, 1.165) is 50.7 Å². The fourth-order valence-electron chi connectivity index (χ4n) is 4.53. The van der Waals surface area contributed by atoms with E-state index >= 15 is 0 Å². The van der Waals surface area contributed by atoms with Gasteiger partial charge in [-0.25, -0.2) is 0 Å². The summed E-state index contributed by atoms with van der Waals surface area (Å²) in [7, 11) is 0. The first kappa shape index (κ1) is 25.1. The first-order valence-corrected chi connectivity index (χ1v) is 13.2. The van der Waals surface area contributed by atoms with Crippen LogP contribution in [0.25, 0.3) is 17.0 Å². The fourth-order valence-corrected chi connectivity index (χ4v) is 5.48. The number of para-hydroxylation sites is 1. The van der Waals surface area contributed by atoms with Gasteiger partial charge in [-0.1, -0.05) is 78.7 Å². The van der Waals surface area contributed by atoms with Gasteiger partial charge in [0.15, 0.2) is 5.78 Å². The number of amides is 2. The van der Waals surface area contributed by atoms with Crippen LogP contribution in [0.4, 0.5) is 4.79 Å². The maximum Gasteiger partial charge on any atom is 0.293 e. The number of hydrogen-bond acceptors (Lipinski definition) is 4. The zero-order chi connectivity index (χ0) is 26.1. The molecule has 0 saturated carbocycles. The molecule has 0 bridgehead atoms. The molecule has 1 saturated heterocycles. The topological polar surface area (TPSA) is 59.4 Å². The first-order chi connectivity index (χ1) is 17.8. The van der Waals surface area contributed by atoms with Crippen LogP contribution in [0, 0.1) is 6.92 Å². The summed E-state index contributed by atoms with van der Waals surface area (Å²) < 4.78 is 2.17. The van der Waals surface area contributed by atoms with Crippen LogP contribution in [0.15, 0.2) is 77.8 Å². The Morgan fingerprint density at radius 2 is 1.73 bits per heavy atom. The lowest BCUT2D eigenvalue weighted by atomic mass is 10.1. The Morgan fingerprint density at radius 1 is 1.00 bits per heavy atom. The molecule has 5 rings (SSSR count). The molecule has 1 aliphatic heterocycles. The Kier molecular flexibility index (Phi) is 7.04. The van der Waals surface area contributed by atoms with Crippen molar-refractivity contribution in [2.75, 3.05) is 6.54 Å². The number of nitrogens with zero attached hydrogens (tertiary/aromatic N) is 2. The second-order valence-electron chi connectivity index (χ2n) is 9.06. The van der Waals surface area contributed by atoms with Crippen molar-refractivity contribution in [1.29, 1.82) is 0 Å². The van der Waals surface area contributed by atoms with Gasteiger partial charge in [-0.15, -0.1) is 0 Å². The number of aryl methyl sites for hydroxylation is 2. The van der Waals surface area contributed by atoms with E-state index in [-0.39, 0.29) is 12.3 Å². The summed E-state index contributed by atoms with van der Waals surface area (Å²) in [4.78, 5) is 39.9. The minimum Gasteiger partial charge on any atom is -0.342 e. The lowest BCUT2D eigenvalue weighted by molar-refractivity contribution is -0.122. The molecule has 2 amide bonds. The standard InChI is InChI=1S/C30H25ClN2O3S/c1-3-21-5-4-6-25-23(17-32(28(21)25)16-20-9-13-24(31)14-10-20)15-27-29(35)33(30(36)37-27)18-26(34)22-11-7-19(2)8-12-22/h4-15,17H,3,16,18H2,1-2H3/b27-15-. The number of benzene rings is 3. The maximum absolute atomic E-state index is 13.2. The van der Waals surface area contributed by atoms with Crippen LogP contribution in [0.1, 0.15) is 39.5 Å². The highest BCUT2D eigenvalue weighted by Gasteiger charge is 2.36. The molecule has 0 spiro atoms. The molecule has 0 radical (unpaired) electrons. The summed E-state index contributed by atoms with van der Waals surface area (Å²) in [5.41, 5.74) is 5.77. The average Bonchev–Trinajstić information content (AvgIpc) is 3.37. The van der Waals surface area contributed by atoms with Crippen molar-refractivity contribution in [3.8, 4) is 0 Å². The van der Waals surface area contributed by atoms with Crippen molar-refractivity contribution < 1.29 is 14.4 Å². The van der Waals surface area contributed by atoms with Gasteiger partial charge in [-0.2, -0.15) is 0 Å². The van der Waals surface area contributed by atoms with E-state index in [1.54, 1.807) is 18.2 Å². The zero-order valence-electron chi connectivity index (χ0n) is 20.5. The van der Waals surface area contributed by atoms with Crippen LogP contribution in [0.5, 0.6) is 0 Å². The summed E-state index contributed by atoms with van der Waals surface area (Å²) >= 11 is 6.94. The Bertz CT molecular complexity index is 1550. The zero-order valence-corrected chi connectivity index (χ0v) is 22.1. The lowest BCUT2D eigenvalue weighted by Gasteiger charge is -2.11. The second kappa shape index (κ2) is 10.4. The summed E-state index contributed by atoms with van der Waals surface area (Å²) in [6.45, 7) is 4.42. The number of carbonyl (C=O) groups excluding carboxylic acids is 3. The molecule has 1 fully saturated rings. The molecule has 186 valence electrons. The van der Waals surface area contributed by atoms with Gasteiger partial charge in [-0.05, 0) is 54.4 Å². The number of Topliss-reactive ketones (excluding diaryl/α,β-unsaturated/α-hetero) is 1. The minimum absolute atomic E-state index is 0.268. The summed E-state index contributed by atoms with van der Waals surface area (Å²) in [6.07, 6.45) is 4.64. The SMILES string of the molecule is CCc1cccc2c(/C=C3\SC(=O)N(CC(=O)c4ccc(C)cc4)C3=O)cn(Cc3ccc(Cl)cc3)c12. The number of ketones is 1. The van der Waals surface area contributed by atoms with Gasteiger partial charge in [0.05, 0.1) is 17.0 Å². The Morgan fingerprint density at radius 3 is 2.43 bits per heavy atom. The highest BCUT2D eigenvalue weighted by molar-refractivity contribution is 8.18. The van der Waals surface area contributed by atoms with E-state index in [1.807, 2.05) is 61.7 Å². The lowest BCUT2D eigenvalue weighted by Crippen LogP contribution is -2.33. The van der Waals surface area contributed by atoms with Crippen LogP contribution < -0.4 is 0 Å². The molecule has 4 aromatic rings. The largest absolute Gasteiger partial charge is 0.342 e. The van der Waals surface area contributed by atoms with E-state index < -0.39 is 11.1 Å². The molecule has 2 heterocycles. The van der Waals surface area contributed by atoms with Crippen molar-refractivity contribution in [2.45, 2.75) is 26.8 Å². The van der Waals surface area contributed by atoms with Crippen LogP contribution in [0.3, 0.4) is 0 Å². The van der Waals surface area contributed by atoms with Gasteiger partial charge in [-0.3, -0.25) is 19.3 Å².